The topological polar surface area (TPSA) is 51.5 Å². The van der Waals surface area contributed by atoms with Gasteiger partial charge in [0.1, 0.15) is 5.75 Å². The van der Waals surface area contributed by atoms with Gasteiger partial charge in [-0.05, 0) is 61.5 Å². The van der Waals surface area contributed by atoms with Gasteiger partial charge in [0.25, 0.3) is 0 Å². The molecule has 28 heavy (non-hydrogen) atoms. The van der Waals surface area contributed by atoms with Gasteiger partial charge < -0.3 is 14.4 Å². The number of rotatable bonds is 3. The molecule has 0 unspecified atom stereocenters. The van der Waals surface area contributed by atoms with Crippen molar-refractivity contribution < 1.29 is 27.8 Å². The molecule has 0 atom stereocenters. The number of carbonyl (C=O) groups is 1. The molecule has 1 N–H and O–H groups in total. The van der Waals surface area contributed by atoms with Crippen LogP contribution in [0.4, 0.5) is 13.2 Å². The van der Waals surface area contributed by atoms with Crippen molar-refractivity contribution in [2.75, 3.05) is 0 Å². The number of nitrogens with zero attached hydrogens (tertiary/aromatic N) is 1. The van der Waals surface area contributed by atoms with Crippen LogP contribution in [0.3, 0.4) is 0 Å². The number of ether oxygens (including phenoxy) is 1. The van der Waals surface area contributed by atoms with Gasteiger partial charge in [0, 0.05) is 16.5 Å². The van der Waals surface area contributed by atoms with E-state index in [1.807, 2.05) is 29.7 Å². The Balaban J connectivity index is 1.94. The van der Waals surface area contributed by atoms with E-state index in [1.165, 1.54) is 30.3 Å². The summed E-state index contributed by atoms with van der Waals surface area (Å²) in [4.78, 5) is 11.4. The van der Waals surface area contributed by atoms with E-state index >= 15 is 0 Å². The fourth-order valence-electron chi connectivity index (χ4n) is 3.35. The minimum atomic E-state index is -4.75. The molecular weight excluding hydrogens is 371 g/mol. The number of carboxylic acid groups (broad SMARTS) is 1. The van der Waals surface area contributed by atoms with E-state index in [9.17, 15) is 23.1 Å². The van der Waals surface area contributed by atoms with E-state index < -0.39 is 12.3 Å². The standard InChI is InChI=1S/C21H14F3NO3/c1-12-2-8-18-16(10-12)17-11-13(20(26)27)3-9-19(17)25(18)14-4-6-15(7-5-14)28-21(22,23)24/h2-11H,1H3,(H,26,27). The van der Waals surface area contributed by atoms with E-state index in [-0.39, 0.29) is 11.3 Å². The molecule has 0 saturated heterocycles. The van der Waals surface area contributed by atoms with Crippen LogP contribution in [0.5, 0.6) is 5.75 Å². The van der Waals surface area contributed by atoms with Crippen LogP contribution in [0.1, 0.15) is 15.9 Å². The molecule has 4 aromatic rings. The average Bonchev–Trinajstić information content (AvgIpc) is 2.94. The lowest BCUT2D eigenvalue weighted by Crippen LogP contribution is -2.17. The molecule has 0 fully saturated rings. The normalized spacial score (nSPS) is 11.9. The lowest BCUT2D eigenvalue weighted by atomic mass is 10.1. The molecule has 1 aromatic heterocycles. The summed E-state index contributed by atoms with van der Waals surface area (Å²) in [6.45, 7) is 1.94. The first kappa shape index (κ1) is 17.9. The van der Waals surface area contributed by atoms with Gasteiger partial charge >= 0.3 is 12.3 Å². The predicted molar refractivity (Wildman–Crippen MR) is 99.2 cm³/mol. The molecule has 142 valence electrons. The van der Waals surface area contributed by atoms with Crippen LogP contribution in [-0.2, 0) is 0 Å². The largest absolute Gasteiger partial charge is 0.573 e. The van der Waals surface area contributed by atoms with Crippen LogP contribution in [0, 0.1) is 6.92 Å². The van der Waals surface area contributed by atoms with Gasteiger partial charge in [-0.1, -0.05) is 11.6 Å². The van der Waals surface area contributed by atoms with Crippen LogP contribution in [-0.4, -0.2) is 22.0 Å². The van der Waals surface area contributed by atoms with Crippen molar-refractivity contribution in [2.45, 2.75) is 13.3 Å². The van der Waals surface area contributed by atoms with Gasteiger partial charge in [-0.25, -0.2) is 4.79 Å². The zero-order valence-corrected chi connectivity index (χ0v) is 14.6. The van der Waals surface area contributed by atoms with Crippen molar-refractivity contribution in [1.82, 2.24) is 4.57 Å². The van der Waals surface area contributed by atoms with Gasteiger partial charge in [-0.2, -0.15) is 0 Å². The number of benzene rings is 3. The summed E-state index contributed by atoms with van der Waals surface area (Å²) in [5.41, 5.74) is 3.41. The number of alkyl halides is 3. The van der Waals surface area contributed by atoms with Crippen molar-refractivity contribution in [3.05, 3.63) is 71.8 Å². The molecule has 0 spiro atoms. The number of aromatic nitrogens is 1. The van der Waals surface area contributed by atoms with Gasteiger partial charge in [0.2, 0.25) is 0 Å². The minimum Gasteiger partial charge on any atom is -0.478 e. The number of hydrogen-bond acceptors (Lipinski definition) is 2. The lowest BCUT2D eigenvalue weighted by Gasteiger charge is -2.11. The molecule has 7 heteroatoms. The first-order chi connectivity index (χ1) is 13.2. The Morgan fingerprint density at radius 2 is 1.54 bits per heavy atom. The number of aromatic carboxylic acids is 1. The Morgan fingerprint density at radius 3 is 2.14 bits per heavy atom. The zero-order chi connectivity index (χ0) is 20.1. The minimum absolute atomic E-state index is 0.169. The Bertz CT molecular complexity index is 1210. The van der Waals surface area contributed by atoms with Gasteiger partial charge in [-0.3, -0.25) is 0 Å². The van der Waals surface area contributed by atoms with Gasteiger partial charge in [0.15, 0.2) is 0 Å². The second-order valence-corrected chi connectivity index (χ2v) is 6.43. The molecule has 0 aliphatic heterocycles. The van der Waals surface area contributed by atoms with Crippen molar-refractivity contribution >= 4 is 27.8 Å². The van der Waals surface area contributed by atoms with Gasteiger partial charge in [-0.15, -0.1) is 13.2 Å². The molecule has 3 aromatic carbocycles. The van der Waals surface area contributed by atoms with E-state index in [1.54, 1.807) is 12.1 Å². The third-order valence-corrected chi connectivity index (χ3v) is 4.50. The molecule has 0 aliphatic rings. The number of hydrogen-bond donors (Lipinski definition) is 1. The maximum Gasteiger partial charge on any atom is 0.573 e. The second kappa shape index (κ2) is 6.30. The number of aryl methyl sites for hydroxylation is 1. The molecule has 0 aliphatic carbocycles. The number of fused-ring (bicyclic) bond motifs is 3. The van der Waals surface area contributed by atoms with Crippen LogP contribution < -0.4 is 4.74 Å². The SMILES string of the molecule is Cc1ccc2c(c1)c1cc(C(=O)O)ccc1n2-c1ccc(OC(F)(F)F)cc1. The van der Waals surface area contributed by atoms with Crippen molar-refractivity contribution in [3.8, 4) is 11.4 Å². The van der Waals surface area contributed by atoms with E-state index in [0.29, 0.717) is 5.69 Å². The highest BCUT2D eigenvalue weighted by atomic mass is 19.4. The fourth-order valence-corrected chi connectivity index (χ4v) is 3.35. The molecule has 0 saturated carbocycles. The molecule has 0 bridgehead atoms. The quantitative estimate of drug-likeness (QED) is 0.493. The molecule has 4 rings (SSSR count). The summed E-state index contributed by atoms with van der Waals surface area (Å²) in [5.74, 6) is -1.33. The molecular formula is C21H14F3NO3. The Labute approximate surface area is 157 Å². The summed E-state index contributed by atoms with van der Waals surface area (Å²) in [6, 6.07) is 16.2. The fraction of sp³-hybridized carbons (Fsp3) is 0.0952. The first-order valence-corrected chi connectivity index (χ1v) is 8.37. The monoisotopic (exact) mass is 385 g/mol. The summed E-state index contributed by atoms with van der Waals surface area (Å²) in [7, 11) is 0. The second-order valence-electron chi connectivity index (χ2n) is 6.43. The Morgan fingerprint density at radius 1 is 0.929 bits per heavy atom. The van der Waals surface area contributed by atoms with E-state index in [2.05, 4.69) is 4.74 Å². The first-order valence-electron chi connectivity index (χ1n) is 8.37. The smallest absolute Gasteiger partial charge is 0.478 e. The molecule has 0 radical (unpaired) electrons. The van der Waals surface area contributed by atoms with Crippen LogP contribution in [0.15, 0.2) is 60.7 Å². The van der Waals surface area contributed by atoms with Crippen LogP contribution in [0.2, 0.25) is 0 Å². The van der Waals surface area contributed by atoms with Crippen LogP contribution >= 0.6 is 0 Å². The third-order valence-electron chi connectivity index (χ3n) is 4.50. The maximum absolute atomic E-state index is 12.4. The highest BCUT2D eigenvalue weighted by Crippen LogP contribution is 2.34. The lowest BCUT2D eigenvalue weighted by molar-refractivity contribution is -0.274. The number of halogens is 3. The van der Waals surface area contributed by atoms with Crippen molar-refractivity contribution in [3.63, 3.8) is 0 Å². The maximum atomic E-state index is 12.4. The van der Waals surface area contributed by atoms with E-state index in [0.717, 1.165) is 27.4 Å². The summed E-state index contributed by atoms with van der Waals surface area (Å²) >= 11 is 0. The molecule has 1 heterocycles. The molecule has 0 amide bonds. The predicted octanol–water partition coefficient (Wildman–Crippen LogP) is 5.69. The van der Waals surface area contributed by atoms with Crippen LogP contribution in [0.25, 0.3) is 27.5 Å². The Hall–Kier alpha value is -3.48. The summed E-state index contributed by atoms with van der Waals surface area (Å²) in [6.07, 6.45) is -4.75. The highest BCUT2D eigenvalue weighted by molar-refractivity contribution is 6.11. The van der Waals surface area contributed by atoms with Crippen molar-refractivity contribution in [1.29, 1.82) is 0 Å². The summed E-state index contributed by atoms with van der Waals surface area (Å²) < 4.78 is 43.0. The molecule has 4 nitrogen and oxygen atoms in total. The summed E-state index contributed by atoms with van der Waals surface area (Å²) in [5, 5.41) is 10.9. The average molecular weight is 385 g/mol. The third kappa shape index (κ3) is 3.15. The van der Waals surface area contributed by atoms with E-state index in [4.69, 9.17) is 0 Å². The van der Waals surface area contributed by atoms with Crippen molar-refractivity contribution in [2.24, 2.45) is 0 Å². The number of carboxylic acids is 1. The van der Waals surface area contributed by atoms with Gasteiger partial charge in [0.05, 0.1) is 16.6 Å². The Kier molecular flexibility index (Phi) is 4.03. The highest BCUT2D eigenvalue weighted by Gasteiger charge is 2.31. The zero-order valence-electron chi connectivity index (χ0n) is 14.6.